The van der Waals surface area contributed by atoms with Crippen LogP contribution >= 0.6 is 15.9 Å². The van der Waals surface area contributed by atoms with Gasteiger partial charge in [-0.2, -0.15) is 0 Å². The van der Waals surface area contributed by atoms with Crippen molar-refractivity contribution in [3.63, 3.8) is 0 Å². The summed E-state index contributed by atoms with van der Waals surface area (Å²) in [5, 5.41) is 3.09. The van der Waals surface area contributed by atoms with Gasteiger partial charge in [0.25, 0.3) is 0 Å². The summed E-state index contributed by atoms with van der Waals surface area (Å²) >= 11 is 4.11. The van der Waals surface area contributed by atoms with Crippen molar-refractivity contribution < 1.29 is 0 Å². The monoisotopic (exact) mass is 340 g/mol. The SMILES string of the molecule is BrC(c1ccc2c3c(cccc13)CC2)C1CC2CCC1C2. The summed E-state index contributed by atoms with van der Waals surface area (Å²) in [6.45, 7) is 0. The molecule has 5 rings (SSSR count). The Morgan fingerprint density at radius 1 is 0.952 bits per heavy atom. The van der Waals surface area contributed by atoms with Gasteiger partial charge < -0.3 is 0 Å². The molecule has 3 aliphatic carbocycles. The van der Waals surface area contributed by atoms with Gasteiger partial charge >= 0.3 is 0 Å². The van der Waals surface area contributed by atoms with Gasteiger partial charge in [0, 0.05) is 4.83 Å². The van der Waals surface area contributed by atoms with Crippen molar-refractivity contribution in [1.82, 2.24) is 0 Å². The molecular formula is C20H21Br. The van der Waals surface area contributed by atoms with E-state index in [1.54, 1.807) is 22.1 Å². The number of alkyl halides is 1. The molecule has 1 heteroatoms. The third-order valence-corrected chi connectivity index (χ3v) is 7.55. The van der Waals surface area contributed by atoms with E-state index in [0.717, 1.165) is 17.8 Å². The lowest BCUT2D eigenvalue weighted by Gasteiger charge is -2.28. The molecule has 0 aliphatic heterocycles. The average Bonchev–Trinajstić information content (AvgIpc) is 3.23. The van der Waals surface area contributed by atoms with E-state index in [1.165, 1.54) is 43.9 Å². The van der Waals surface area contributed by atoms with Crippen LogP contribution in [0.2, 0.25) is 0 Å². The van der Waals surface area contributed by atoms with Crippen molar-refractivity contribution in [1.29, 1.82) is 0 Å². The standard InChI is InChI=1S/C20H21Br/c21-20(18-11-12-4-5-15(18)10-12)17-9-8-14-7-6-13-2-1-3-16(17)19(13)14/h1-3,8-9,12,15,18,20H,4-7,10-11H2. The highest BCUT2D eigenvalue weighted by atomic mass is 79.9. The van der Waals surface area contributed by atoms with Gasteiger partial charge in [-0.05, 0) is 77.3 Å². The van der Waals surface area contributed by atoms with Crippen LogP contribution < -0.4 is 0 Å². The van der Waals surface area contributed by atoms with E-state index in [-0.39, 0.29) is 0 Å². The lowest BCUT2D eigenvalue weighted by atomic mass is 9.83. The molecule has 0 nitrogen and oxygen atoms in total. The van der Waals surface area contributed by atoms with Gasteiger partial charge in [0.1, 0.15) is 0 Å². The van der Waals surface area contributed by atoms with Crippen LogP contribution in [0.4, 0.5) is 0 Å². The first kappa shape index (κ1) is 12.7. The molecule has 0 amide bonds. The van der Waals surface area contributed by atoms with Crippen molar-refractivity contribution in [2.45, 2.75) is 43.4 Å². The largest absolute Gasteiger partial charge is 0.0835 e. The van der Waals surface area contributed by atoms with Crippen LogP contribution in [0.3, 0.4) is 0 Å². The quantitative estimate of drug-likeness (QED) is 0.605. The second-order valence-corrected chi connectivity index (χ2v) is 8.38. The first-order chi connectivity index (χ1) is 10.3. The number of halogens is 1. The molecule has 0 aromatic heterocycles. The van der Waals surface area contributed by atoms with Crippen LogP contribution in [0.15, 0.2) is 30.3 Å². The zero-order chi connectivity index (χ0) is 14.0. The zero-order valence-electron chi connectivity index (χ0n) is 12.3. The lowest BCUT2D eigenvalue weighted by Crippen LogP contribution is -2.15. The summed E-state index contributed by atoms with van der Waals surface area (Å²) in [5.74, 6) is 2.86. The molecule has 3 aliphatic rings. The summed E-state index contributed by atoms with van der Waals surface area (Å²) in [7, 11) is 0. The molecule has 2 aromatic rings. The van der Waals surface area contributed by atoms with E-state index in [2.05, 4.69) is 46.3 Å². The number of hydrogen-bond donors (Lipinski definition) is 0. The van der Waals surface area contributed by atoms with Gasteiger partial charge in [0.05, 0.1) is 0 Å². The Labute approximate surface area is 135 Å². The van der Waals surface area contributed by atoms with Crippen LogP contribution in [0, 0.1) is 17.8 Å². The van der Waals surface area contributed by atoms with Gasteiger partial charge in [0.2, 0.25) is 0 Å². The number of fused-ring (bicyclic) bond motifs is 2. The molecule has 0 N–H and O–H groups in total. The minimum atomic E-state index is 0.553. The smallest absolute Gasteiger partial charge is 0.0432 e. The number of hydrogen-bond acceptors (Lipinski definition) is 0. The molecule has 4 atom stereocenters. The molecule has 21 heavy (non-hydrogen) atoms. The Balaban J connectivity index is 1.62. The van der Waals surface area contributed by atoms with Crippen molar-refractivity contribution in [2.24, 2.45) is 17.8 Å². The Hall–Kier alpha value is -0.820. The van der Waals surface area contributed by atoms with Gasteiger partial charge in [0.15, 0.2) is 0 Å². The maximum Gasteiger partial charge on any atom is 0.0432 e. The first-order valence-corrected chi connectivity index (χ1v) is 9.40. The van der Waals surface area contributed by atoms with Crippen molar-refractivity contribution in [3.8, 4) is 0 Å². The van der Waals surface area contributed by atoms with Crippen molar-refractivity contribution in [3.05, 3.63) is 47.0 Å². The van der Waals surface area contributed by atoms with Crippen LogP contribution in [0.5, 0.6) is 0 Å². The van der Waals surface area contributed by atoms with E-state index < -0.39 is 0 Å². The van der Waals surface area contributed by atoms with Crippen LogP contribution in [-0.4, -0.2) is 0 Å². The Morgan fingerprint density at radius 3 is 2.57 bits per heavy atom. The molecule has 0 radical (unpaired) electrons. The van der Waals surface area contributed by atoms with Crippen molar-refractivity contribution in [2.75, 3.05) is 0 Å². The first-order valence-electron chi connectivity index (χ1n) is 8.48. The third-order valence-electron chi connectivity index (χ3n) is 6.38. The highest BCUT2D eigenvalue weighted by Gasteiger charge is 2.43. The number of aryl methyl sites for hydroxylation is 2. The fraction of sp³-hybridized carbons (Fsp3) is 0.500. The number of benzene rings is 2. The minimum absolute atomic E-state index is 0.553. The average molecular weight is 341 g/mol. The third kappa shape index (κ3) is 1.79. The molecule has 2 bridgehead atoms. The van der Waals surface area contributed by atoms with Crippen molar-refractivity contribution >= 4 is 26.7 Å². The molecule has 0 saturated heterocycles. The van der Waals surface area contributed by atoms with Crippen LogP contribution in [-0.2, 0) is 12.8 Å². The predicted octanol–water partition coefficient (Wildman–Crippen LogP) is 5.81. The molecule has 2 saturated carbocycles. The molecule has 108 valence electrons. The van der Waals surface area contributed by atoms with E-state index in [0.29, 0.717) is 4.83 Å². The molecular weight excluding hydrogens is 320 g/mol. The summed E-state index contributed by atoms with van der Waals surface area (Å²) in [6.07, 6.45) is 8.37. The van der Waals surface area contributed by atoms with Crippen LogP contribution in [0.1, 0.15) is 47.2 Å². The Kier molecular flexibility index (Phi) is 2.77. The minimum Gasteiger partial charge on any atom is -0.0835 e. The highest BCUT2D eigenvalue weighted by molar-refractivity contribution is 9.09. The summed E-state index contributed by atoms with van der Waals surface area (Å²) in [4.78, 5) is 0.553. The van der Waals surface area contributed by atoms with Gasteiger partial charge in [-0.1, -0.05) is 52.7 Å². The van der Waals surface area contributed by atoms with Gasteiger partial charge in [-0.15, -0.1) is 0 Å². The predicted molar refractivity (Wildman–Crippen MR) is 92.0 cm³/mol. The number of rotatable bonds is 2. The maximum atomic E-state index is 4.11. The topological polar surface area (TPSA) is 0 Å². The summed E-state index contributed by atoms with van der Waals surface area (Å²) < 4.78 is 0. The summed E-state index contributed by atoms with van der Waals surface area (Å²) in [5.41, 5.74) is 4.68. The summed E-state index contributed by atoms with van der Waals surface area (Å²) in [6, 6.07) is 11.7. The molecule has 0 spiro atoms. The normalized spacial score (nSPS) is 31.2. The fourth-order valence-electron chi connectivity index (χ4n) is 5.39. The van der Waals surface area contributed by atoms with Gasteiger partial charge in [-0.25, -0.2) is 0 Å². The van der Waals surface area contributed by atoms with Gasteiger partial charge in [-0.3, -0.25) is 0 Å². The second kappa shape index (κ2) is 4.59. The Bertz CT molecular complexity index is 707. The van der Waals surface area contributed by atoms with Crippen LogP contribution in [0.25, 0.3) is 10.8 Å². The highest BCUT2D eigenvalue weighted by Crippen LogP contribution is 2.55. The molecule has 2 fully saturated rings. The Morgan fingerprint density at radius 2 is 1.81 bits per heavy atom. The van der Waals surface area contributed by atoms with E-state index in [1.807, 2.05) is 0 Å². The molecule has 0 heterocycles. The maximum absolute atomic E-state index is 4.11. The second-order valence-electron chi connectivity index (χ2n) is 7.39. The zero-order valence-corrected chi connectivity index (χ0v) is 13.9. The van der Waals surface area contributed by atoms with E-state index >= 15 is 0 Å². The lowest BCUT2D eigenvalue weighted by molar-refractivity contribution is 0.330. The molecule has 4 unspecified atom stereocenters. The molecule has 2 aromatic carbocycles. The van der Waals surface area contributed by atoms with E-state index in [9.17, 15) is 0 Å². The fourth-order valence-corrected chi connectivity index (χ4v) is 6.44. The van der Waals surface area contributed by atoms with E-state index in [4.69, 9.17) is 0 Å².